The molecule has 148 valence electrons. The molecule has 2 heterocycles. The zero-order valence-electron chi connectivity index (χ0n) is 16.5. The molecule has 1 atom stereocenters. The summed E-state index contributed by atoms with van der Waals surface area (Å²) in [6.45, 7) is 4.95. The Morgan fingerprint density at radius 1 is 1.14 bits per heavy atom. The van der Waals surface area contributed by atoms with Crippen molar-refractivity contribution in [2.45, 2.75) is 20.0 Å². The highest BCUT2D eigenvalue weighted by molar-refractivity contribution is 6.07. The second-order valence-corrected chi connectivity index (χ2v) is 7.40. The number of aryl methyl sites for hydroxylation is 2. The molecule has 1 aliphatic rings. The molecule has 0 bridgehead atoms. The van der Waals surface area contributed by atoms with Crippen LogP contribution in [0.15, 0.2) is 48.5 Å². The molecule has 1 fully saturated rings. The highest BCUT2D eigenvalue weighted by atomic mass is 16.5. The van der Waals surface area contributed by atoms with Gasteiger partial charge in [0.05, 0.1) is 29.9 Å². The molecule has 4 rings (SSSR count). The molecule has 1 aliphatic heterocycles. The number of primary amides is 1. The third kappa shape index (κ3) is 3.71. The fourth-order valence-electron chi connectivity index (χ4n) is 3.77. The Bertz CT molecular complexity index is 1110. The number of morpholine rings is 1. The van der Waals surface area contributed by atoms with E-state index in [1.165, 1.54) is 5.56 Å². The molecule has 1 saturated heterocycles. The highest BCUT2D eigenvalue weighted by Gasteiger charge is 2.29. The summed E-state index contributed by atoms with van der Waals surface area (Å²) >= 11 is 0. The number of ether oxygens (including phenoxy) is 1. The van der Waals surface area contributed by atoms with Crippen molar-refractivity contribution < 1.29 is 14.3 Å². The van der Waals surface area contributed by atoms with Gasteiger partial charge in [-0.05, 0) is 31.5 Å². The first-order valence-corrected chi connectivity index (χ1v) is 9.61. The van der Waals surface area contributed by atoms with Crippen molar-refractivity contribution in [3.05, 3.63) is 65.2 Å². The molecule has 0 spiro atoms. The molecule has 2 N–H and O–H groups in total. The van der Waals surface area contributed by atoms with Crippen LogP contribution in [-0.2, 0) is 9.53 Å². The first-order valence-electron chi connectivity index (χ1n) is 9.61. The predicted molar refractivity (Wildman–Crippen MR) is 111 cm³/mol. The average molecular weight is 389 g/mol. The maximum absolute atomic E-state index is 13.4. The Balaban J connectivity index is 1.81. The molecule has 1 aromatic heterocycles. The lowest BCUT2D eigenvalue weighted by Crippen LogP contribution is -2.50. The van der Waals surface area contributed by atoms with E-state index < -0.39 is 12.0 Å². The monoisotopic (exact) mass is 389 g/mol. The van der Waals surface area contributed by atoms with Crippen LogP contribution >= 0.6 is 0 Å². The smallest absolute Gasteiger partial charge is 0.254 e. The highest BCUT2D eigenvalue weighted by Crippen LogP contribution is 2.28. The summed E-state index contributed by atoms with van der Waals surface area (Å²) in [6, 6.07) is 15.6. The topological polar surface area (TPSA) is 85.5 Å². The number of carbonyl (C=O) groups excluding carboxylic acids is 2. The Kier molecular flexibility index (Phi) is 5.03. The van der Waals surface area contributed by atoms with E-state index >= 15 is 0 Å². The Hall–Kier alpha value is -3.25. The van der Waals surface area contributed by atoms with Crippen molar-refractivity contribution in [1.29, 1.82) is 0 Å². The molecule has 29 heavy (non-hydrogen) atoms. The summed E-state index contributed by atoms with van der Waals surface area (Å²) in [5.74, 6) is -0.706. The maximum Gasteiger partial charge on any atom is 0.254 e. The van der Waals surface area contributed by atoms with E-state index in [4.69, 9.17) is 15.5 Å². The van der Waals surface area contributed by atoms with Gasteiger partial charge < -0.3 is 15.4 Å². The van der Waals surface area contributed by atoms with E-state index in [9.17, 15) is 9.59 Å². The van der Waals surface area contributed by atoms with Gasteiger partial charge in [-0.25, -0.2) is 4.98 Å². The minimum absolute atomic E-state index is 0.149. The van der Waals surface area contributed by atoms with Crippen LogP contribution in [0.1, 0.15) is 21.5 Å². The second-order valence-electron chi connectivity index (χ2n) is 7.40. The minimum atomic E-state index is -0.778. The average Bonchev–Trinajstić information content (AvgIpc) is 2.72. The van der Waals surface area contributed by atoms with Gasteiger partial charge in [0.1, 0.15) is 0 Å². The predicted octanol–water partition coefficient (Wildman–Crippen LogP) is 2.84. The molecule has 0 aliphatic carbocycles. The zero-order chi connectivity index (χ0) is 20.5. The molecular formula is C23H23N3O3. The lowest BCUT2D eigenvalue weighted by atomic mass is 9.99. The summed E-state index contributed by atoms with van der Waals surface area (Å²) in [5.41, 5.74) is 10.7. The van der Waals surface area contributed by atoms with Gasteiger partial charge in [0.2, 0.25) is 5.91 Å². The number of rotatable bonds is 3. The van der Waals surface area contributed by atoms with Crippen LogP contribution in [0.5, 0.6) is 0 Å². The van der Waals surface area contributed by atoms with Crippen LogP contribution in [0.25, 0.3) is 22.2 Å². The van der Waals surface area contributed by atoms with Crippen molar-refractivity contribution in [1.82, 2.24) is 9.88 Å². The zero-order valence-corrected chi connectivity index (χ0v) is 16.5. The molecule has 0 radical (unpaired) electrons. The van der Waals surface area contributed by atoms with Crippen LogP contribution in [0, 0.1) is 13.8 Å². The number of hydrogen-bond donors (Lipinski definition) is 1. The lowest BCUT2D eigenvalue weighted by molar-refractivity contribution is -0.133. The second kappa shape index (κ2) is 7.64. The summed E-state index contributed by atoms with van der Waals surface area (Å²) in [6.07, 6.45) is -0.778. The van der Waals surface area contributed by atoms with E-state index in [0.29, 0.717) is 12.1 Å². The molecule has 6 nitrogen and oxygen atoms in total. The van der Waals surface area contributed by atoms with Gasteiger partial charge in [0.15, 0.2) is 6.10 Å². The number of fused-ring (bicyclic) bond motifs is 1. The van der Waals surface area contributed by atoms with Gasteiger partial charge in [-0.3, -0.25) is 9.59 Å². The molecule has 2 aromatic carbocycles. The number of carbonyl (C=O) groups is 2. The Morgan fingerprint density at radius 3 is 2.69 bits per heavy atom. The number of amides is 2. The van der Waals surface area contributed by atoms with E-state index in [1.807, 2.05) is 56.3 Å². The SMILES string of the molecule is Cc1ccc(-c2cc(C(=O)N3CCOC(C(N)=O)C3)c3ccccc3n2)c(C)c1. The number of hydrogen-bond acceptors (Lipinski definition) is 4. The third-order valence-electron chi connectivity index (χ3n) is 5.28. The quantitative estimate of drug-likeness (QED) is 0.746. The van der Waals surface area contributed by atoms with Gasteiger partial charge in [-0.15, -0.1) is 0 Å². The number of nitrogens with two attached hydrogens (primary N) is 1. The summed E-state index contributed by atoms with van der Waals surface area (Å²) in [4.78, 5) is 31.3. The van der Waals surface area contributed by atoms with Gasteiger partial charge in [-0.1, -0.05) is 42.0 Å². The van der Waals surface area contributed by atoms with Crippen LogP contribution in [0.2, 0.25) is 0 Å². The molecular weight excluding hydrogens is 366 g/mol. The fourth-order valence-corrected chi connectivity index (χ4v) is 3.77. The van der Waals surface area contributed by atoms with Gasteiger partial charge in [-0.2, -0.15) is 0 Å². The van der Waals surface area contributed by atoms with Crippen LogP contribution in [-0.4, -0.2) is 47.5 Å². The normalized spacial score (nSPS) is 16.8. The van der Waals surface area contributed by atoms with Crippen molar-refractivity contribution in [3.63, 3.8) is 0 Å². The molecule has 2 amide bonds. The van der Waals surface area contributed by atoms with Crippen LogP contribution in [0.3, 0.4) is 0 Å². The number of nitrogens with zero attached hydrogens (tertiary/aromatic N) is 2. The van der Waals surface area contributed by atoms with Crippen molar-refractivity contribution in [3.8, 4) is 11.3 Å². The summed E-state index contributed by atoms with van der Waals surface area (Å²) in [7, 11) is 0. The summed E-state index contributed by atoms with van der Waals surface area (Å²) < 4.78 is 5.38. The number of benzene rings is 2. The fraction of sp³-hybridized carbons (Fsp3) is 0.261. The number of para-hydroxylation sites is 1. The van der Waals surface area contributed by atoms with E-state index in [0.717, 1.165) is 27.7 Å². The number of pyridine rings is 1. The minimum Gasteiger partial charge on any atom is -0.367 e. The first kappa shape index (κ1) is 19.1. The van der Waals surface area contributed by atoms with E-state index in [-0.39, 0.29) is 19.1 Å². The van der Waals surface area contributed by atoms with Gasteiger partial charge >= 0.3 is 0 Å². The Labute approximate surface area is 169 Å². The van der Waals surface area contributed by atoms with E-state index in [1.54, 1.807) is 4.90 Å². The molecule has 1 unspecified atom stereocenters. The standard InChI is InChI=1S/C23H23N3O3/c1-14-7-8-16(15(2)11-14)20-12-18(17-5-3-4-6-19(17)25-20)23(28)26-9-10-29-21(13-26)22(24)27/h3-8,11-12,21H,9-10,13H2,1-2H3,(H2,24,27). The number of aromatic nitrogens is 1. The lowest BCUT2D eigenvalue weighted by Gasteiger charge is -2.31. The van der Waals surface area contributed by atoms with Crippen molar-refractivity contribution in [2.24, 2.45) is 5.73 Å². The van der Waals surface area contributed by atoms with Gasteiger partial charge in [0, 0.05) is 17.5 Å². The van der Waals surface area contributed by atoms with E-state index in [2.05, 4.69) is 6.07 Å². The van der Waals surface area contributed by atoms with Gasteiger partial charge in [0.25, 0.3) is 5.91 Å². The van der Waals surface area contributed by atoms with Crippen LogP contribution in [0.4, 0.5) is 0 Å². The van der Waals surface area contributed by atoms with Crippen molar-refractivity contribution in [2.75, 3.05) is 19.7 Å². The first-order chi connectivity index (χ1) is 13.9. The van der Waals surface area contributed by atoms with Crippen LogP contribution < -0.4 is 5.73 Å². The molecule has 3 aromatic rings. The van der Waals surface area contributed by atoms with Crippen molar-refractivity contribution >= 4 is 22.7 Å². The molecule has 0 saturated carbocycles. The molecule has 6 heteroatoms. The largest absolute Gasteiger partial charge is 0.367 e. The summed E-state index contributed by atoms with van der Waals surface area (Å²) in [5, 5.41) is 0.785. The Morgan fingerprint density at radius 2 is 1.93 bits per heavy atom. The third-order valence-corrected chi connectivity index (χ3v) is 5.28. The maximum atomic E-state index is 13.4.